The summed E-state index contributed by atoms with van der Waals surface area (Å²) in [5, 5.41) is 4.21. The van der Waals surface area contributed by atoms with E-state index in [0.29, 0.717) is 27.1 Å². The van der Waals surface area contributed by atoms with Gasteiger partial charge in [-0.15, -0.1) is 11.8 Å². The van der Waals surface area contributed by atoms with Gasteiger partial charge in [-0.25, -0.2) is 0 Å². The van der Waals surface area contributed by atoms with Crippen LogP contribution in [0.3, 0.4) is 0 Å². The van der Waals surface area contributed by atoms with Gasteiger partial charge in [0.1, 0.15) is 6.04 Å². The average Bonchev–Trinajstić information content (AvgIpc) is 2.82. The zero-order valence-corrected chi connectivity index (χ0v) is 21.0. The van der Waals surface area contributed by atoms with Crippen LogP contribution in [0.5, 0.6) is 0 Å². The van der Waals surface area contributed by atoms with Gasteiger partial charge >= 0.3 is 0 Å². The summed E-state index contributed by atoms with van der Waals surface area (Å²) < 4.78 is 0. The smallest absolute Gasteiger partial charge is 0.242 e. The first-order valence-corrected chi connectivity index (χ1v) is 12.4. The minimum Gasteiger partial charge on any atom is -0.357 e. The molecule has 172 valence electrons. The molecule has 1 N–H and O–H groups in total. The number of thioether (sulfide) groups is 1. The number of carbonyl (C=O) groups is 2. The number of benzene rings is 3. The molecule has 33 heavy (non-hydrogen) atoms. The van der Waals surface area contributed by atoms with Crippen molar-refractivity contribution in [3.63, 3.8) is 0 Å². The van der Waals surface area contributed by atoms with Gasteiger partial charge < -0.3 is 10.2 Å². The van der Waals surface area contributed by atoms with E-state index >= 15 is 0 Å². The highest BCUT2D eigenvalue weighted by molar-refractivity contribution is 8.00. The van der Waals surface area contributed by atoms with E-state index in [1.54, 1.807) is 42.3 Å². The maximum absolute atomic E-state index is 13.5. The molecule has 0 radical (unpaired) electrons. The molecule has 3 rings (SSSR count). The fourth-order valence-electron chi connectivity index (χ4n) is 3.33. The van der Waals surface area contributed by atoms with Crippen molar-refractivity contribution in [2.24, 2.45) is 0 Å². The van der Waals surface area contributed by atoms with E-state index in [1.807, 2.05) is 42.5 Å². The fraction of sp³-hybridized carbons (Fsp3) is 0.200. The molecule has 0 saturated heterocycles. The Hall–Kier alpha value is -2.18. The van der Waals surface area contributed by atoms with Gasteiger partial charge in [0.2, 0.25) is 11.8 Å². The molecule has 1 atom stereocenters. The van der Waals surface area contributed by atoms with Gasteiger partial charge in [-0.05, 0) is 42.0 Å². The number of carbonyl (C=O) groups excluding carboxylic acids is 2. The van der Waals surface area contributed by atoms with Gasteiger partial charge in [-0.1, -0.05) is 71.2 Å². The van der Waals surface area contributed by atoms with E-state index in [-0.39, 0.29) is 24.1 Å². The summed E-state index contributed by atoms with van der Waals surface area (Å²) in [6.45, 7) is 0.115. The normalized spacial score (nSPS) is 11.6. The number of nitrogens with zero attached hydrogens (tertiary/aromatic N) is 1. The third-order valence-electron chi connectivity index (χ3n) is 5.08. The molecule has 4 nitrogen and oxygen atoms in total. The molecule has 8 heteroatoms. The van der Waals surface area contributed by atoms with Gasteiger partial charge in [-0.3, -0.25) is 9.59 Å². The molecule has 0 fully saturated rings. The van der Waals surface area contributed by atoms with Crippen molar-refractivity contribution >= 4 is 58.4 Å². The minimum atomic E-state index is -0.733. The van der Waals surface area contributed by atoms with E-state index in [2.05, 4.69) is 5.32 Å². The topological polar surface area (TPSA) is 49.4 Å². The summed E-state index contributed by atoms with van der Waals surface area (Å²) in [4.78, 5) is 28.9. The van der Waals surface area contributed by atoms with E-state index in [0.717, 1.165) is 10.5 Å². The van der Waals surface area contributed by atoms with Crippen LogP contribution >= 0.6 is 46.6 Å². The summed E-state index contributed by atoms with van der Waals surface area (Å²) in [6.07, 6.45) is 0.361. The number of likely N-dealkylation sites (N-methyl/N-ethyl adjacent to an activating group) is 1. The van der Waals surface area contributed by atoms with Crippen LogP contribution in [0.4, 0.5) is 0 Å². The molecule has 3 aromatic rings. The average molecular weight is 522 g/mol. The standard InChI is InChI=1S/C25H23Cl3N2O2S/c1-29-25(32)23(14-17-6-3-2-4-7-17)30(15-20-21(27)8-5-9-22(20)28)24(31)16-33-19-12-10-18(26)11-13-19/h2-13,23H,14-16H2,1H3,(H,29,32)/t23-/m0/s1. The Morgan fingerprint density at radius 1 is 0.909 bits per heavy atom. The van der Waals surface area contributed by atoms with Crippen molar-refractivity contribution in [1.29, 1.82) is 0 Å². The molecule has 0 heterocycles. The Bertz CT molecular complexity index is 1070. The maximum atomic E-state index is 13.5. The highest BCUT2D eigenvalue weighted by Gasteiger charge is 2.30. The van der Waals surface area contributed by atoms with E-state index < -0.39 is 6.04 Å². The number of rotatable bonds is 9. The number of nitrogens with one attached hydrogen (secondary N) is 1. The van der Waals surface area contributed by atoms with Crippen LogP contribution in [0, 0.1) is 0 Å². The van der Waals surface area contributed by atoms with E-state index in [9.17, 15) is 9.59 Å². The van der Waals surface area contributed by atoms with Crippen molar-refractivity contribution in [3.8, 4) is 0 Å². The Labute approximate surface area is 213 Å². The van der Waals surface area contributed by atoms with Crippen molar-refractivity contribution in [3.05, 3.63) is 99.0 Å². The predicted octanol–water partition coefficient (Wildman–Crippen LogP) is 6.13. The molecule has 0 saturated carbocycles. The Morgan fingerprint density at radius 3 is 2.15 bits per heavy atom. The summed E-state index contributed by atoms with van der Waals surface area (Å²) in [6, 6.07) is 21.3. The summed E-state index contributed by atoms with van der Waals surface area (Å²) in [7, 11) is 1.56. The lowest BCUT2D eigenvalue weighted by Crippen LogP contribution is -2.50. The first kappa shape index (κ1) is 25.4. The molecular weight excluding hydrogens is 499 g/mol. The predicted molar refractivity (Wildman–Crippen MR) is 137 cm³/mol. The van der Waals surface area contributed by atoms with Crippen LogP contribution in [0.25, 0.3) is 0 Å². The van der Waals surface area contributed by atoms with E-state index in [1.165, 1.54) is 11.8 Å². The quantitative estimate of drug-likeness (QED) is 0.345. The number of amides is 2. The van der Waals surface area contributed by atoms with Crippen LogP contribution in [-0.4, -0.2) is 35.6 Å². The maximum Gasteiger partial charge on any atom is 0.242 e. The first-order chi connectivity index (χ1) is 15.9. The van der Waals surface area contributed by atoms with Gasteiger partial charge in [0.15, 0.2) is 0 Å². The van der Waals surface area contributed by atoms with Crippen LogP contribution in [0.15, 0.2) is 77.7 Å². The molecule has 3 aromatic carbocycles. The first-order valence-electron chi connectivity index (χ1n) is 10.2. The van der Waals surface area contributed by atoms with Crippen molar-refractivity contribution in [2.75, 3.05) is 12.8 Å². The third-order valence-corrected chi connectivity index (χ3v) is 7.04. The molecule has 0 aliphatic carbocycles. The molecule has 0 aliphatic rings. The van der Waals surface area contributed by atoms with Gasteiger partial charge in [0.05, 0.1) is 5.75 Å². The Morgan fingerprint density at radius 2 is 1.55 bits per heavy atom. The molecular formula is C25H23Cl3N2O2S. The highest BCUT2D eigenvalue weighted by atomic mass is 35.5. The number of hydrogen-bond acceptors (Lipinski definition) is 3. The molecule has 0 spiro atoms. The Kier molecular flexibility index (Phi) is 9.51. The zero-order valence-electron chi connectivity index (χ0n) is 17.9. The van der Waals surface area contributed by atoms with Crippen LogP contribution in [0.1, 0.15) is 11.1 Å². The van der Waals surface area contributed by atoms with Crippen LogP contribution in [0.2, 0.25) is 15.1 Å². The number of hydrogen-bond donors (Lipinski definition) is 1. The number of halogens is 3. The lowest BCUT2D eigenvalue weighted by atomic mass is 10.0. The van der Waals surface area contributed by atoms with Gasteiger partial charge in [-0.2, -0.15) is 0 Å². The molecule has 0 bridgehead atoms. The van der Waals surface area contributed by atoms with E-state index in [4.69, 9.17) is 34.8 Å². The fourth-order valence-corrected chi connectivity index (χ4v) is 4.76. The highest BCUT2D eigenvalue weighted by Crippen LogP contribution is 2.28. The largest absolute Gasteiger partial charge is 0.357 e. The molecule has 0 unspecified atom stereocenters. The summed E-state index contributed by atoms with van der Waals surface area (Å²) >= 11 is 20.1. The molecule has 2 amide bonds. The monoisotopic (exact) mass is 520 g/mol. The third kappa shape index (κ3) is 7.15. The Balaban J connectivity index is 1.91. The lowest BCUT2D eigenvalue weighted by molar-refractivity contribution is -0.139. The minimum absolute atomic E-state index is 0.115. The van der Waals surface area contributed by atoms with Crippen molar-refractivity contribution in [1.82, 2.24) is 10.2 Å². The van der Waals surface area contributed by atoms with Crippen LogP contribution < -0.4 is 5.32 Å². The summed E-state index contributed by atoms with van der Waals surface area (Å²) in [5.74, 6) is -0.311. The van der Waals surface area contributed by atoms with Crippen LogP contribution in [-0.2, 0) is 22.6 Å². The van der Waals surface area contributed by atoms with Gasteiger partial charge in [0.25, 0.3) is 0 Å². The van der Waals surface area contributed by atoms with Crippen molar-refractivity contribution in [2.45, 2.75) is 23.9 Å². The van der Waals surface area contributed by atoms with Gasteiger partial charge in [0, 0.05) is 45.5 Å². The second-order valence-electron chi connectivity index (χ2n) is 7.28. The summed E-state index contributed by atoms with van der Waals surface area (Å²) in [5.41, 5.74) is 1.55. The second kappa shape index (κ2) is 12.3. The second-order valence-corrected chi connectivity index (χ2v) is 9.58. The molecule has 0 aromatic heterocycles. The van der Waals surface area contributed by atoms with Crippen molar-refractivity contribution < 1.29 is 9.59 Å². The SMILES string of the molecule is CNC(=O)[C@H](Cc1ccccc1)N(Cc1c(Cl)cccc1Cl)C(=O)CSc1ccc(Cl)cc1. The lowest BCUT2D eigenvalue weighted by Gasteiger charge is -2.31. The zero-order chi connectivity index (χ0) is 23.8. The molecule has 0 aliphatic heterocycles.